The number of ether oxygens (including phenoxy) is 1. The van der Waals surface area contributed by atoms with E-state index in [4.69, 9.17) is 4.74 Å². The molecule has 2 nitrogen and oxygen atoms in total. The number of benzene rings is 1. The predicted octanol–water partition coefficient (Wildman–Crippen LogP) is 5.15. The molecular formula is C18H26O2. The molecule has 0 fully saturated rings. The van der Waals surface area contributed by atoms with Crippen molar-refractivity contribution in [2.45, 2.75) is 51.4 Å². The van der Waals surface area contributed by atoms with Crippen LogP contribution in [0.3, 0.4) is 0 Å². The minimum absolute atomic E-state index is 0.213. The summed E-state index contributed by atoms with van der Waals surface area (Å²) >= 11 is 0. The Labute approximate surface area is 122 Å². The molecule has 0 atom stereocenters. The first-order valence-electron chi connectivity index (χ1n) is 7.67. The van der Waals surface area contributed by atoms with Gasteiger partial charge >= 0.3 is 5.97 Å². The second-order valence-corrected chi connectivity index (χ2v) is 5.05. The van der Waals surface area contributed by atoms with Crippen molar-refractivity contribution in [3.8, 4) is 0 Å². The van der Waals surface area contributed by atoms with Gasteiger partial charge in [0.05, 0.1) is 12.2 Å². The van der Waals surface area contributed by atoms with Gasteiger partial charge in [-0.3, -0.25) is 0 Å². The third-order valence-electron chi connectivity index (χ3n) is 3.30. The van der Waals surface area contributed by atoms with Gasteiger partial charge in [0, 0.05) is 0 Å². The molecule has 0 amide bonds. The van der Waals surface area contributed by atoms with Crippen LogP contribution < -0.4 is 0 Å². The van der Waals surface area contributed by atoms with Gasteiger partial charge in [-0.1, -0.05) is 56.4 Å². The summed E-state index contributed by atoms with van der Waals surface area (Å²) in [5.41, 5.74) is 0.634. The van der Waals surface area contributed by atoms with Crippen LogP contribution in [0.25, 0.3) is 0 Å². The SMILES string of the molecule is C=CCCCCCCCCCOC(=O)c1ccccc1. The van der Waals surface area contributed by atoms with Crippen molar-refractivity contribution in [3.05, 3.63) is 48.6 Å². The van der Waals surface area contributed by atoms with Crippen molar-refractivity contribution >= 4 is 5.97 Å². The molecule has 110 valence electrons. The Morgan fingerprint density at radius 3 is 2.20 bits per heavy atom. The van der Waals surface area contributed by atoms with E-state index in [0.29, 0.717) is 12.2 Å². The molecule has 1 rings (SSSR count). The highest BCUT2D eigenvalue weighted by Crippen LogP contribution is 2.09. The van der Waals surface area contributed by atoms with Gasteiger partial charge in [-0.15, -0.1) is 6.58 Å². The summed E-state index contributed by atoms with van der Waals surface area (Å²) < 4.78 is 5.24. The number of carbonyl (C=O) groups is 1. The topological polar surface area (TPSA) is 26.3 Å². The molecular weight excluding hydrogens is 248 g/mol. The number of rotatable bonds is 11. The lowest BCUT2D eigenvalue weighted by Crippen LogP contribution is -2.06. The van der Waals surface area contributed by atoms with E-state index in [1.54, 1.807) is 12.1 Å². The summed E-state index contributed by atoms with van der Waals surface area (Å²) in [6.45, 7) is 4.25. The molecule has 0 saturated carbocycles. The zero-order chi connectivity index (χ0) is 14.5. The predicted molar refractivity (Wildman–Crippen MR) is 83.9 cm³/mol. The van der Waals surface area contributed by atoms with Crippen LogP contribution in [0, 0.1) is 0 Å². The van der Waals surface area contributed by atoms with Gasteiger partial charge in [-0.05, 0) is 31.4 Å². The molecule has 0 aromatic heterocycles. The summed E-state index contributed by atoms with van der Waals surface area (Å²) in [6, 6.07) is 9.16. The van der Waals surface area contributed by atoms with Crippen molar-refractivity contribution in [3.63, 3.8) is 0 Å². The molecule has 0 heterocycles. The maximum Gasteiger partial charge on any atom is 0.338 e. The highest BCUT2D eigenvalue weighted by Gasteiger charge is 2.04. The molecule has 1 aromatic carbocycles. The number of unbranched alkanes of at least 4 members (excludes halogenated alkanes) is 7. The first-order valence-corrected chi connectivity index (χ1v) is 7.67. The Balaban J connectivity index is 1.92. The van der Waals surface area contributed by atoms with Crippen LogP contribution in [0.1, 0.15) is 61.7 Å². The lowest BCUT2D eigenvalue weighted by molar-refractivity contribution is 0.0497. The molecule has 0 unspecified atom stereocenters. The van der Waals surface area contributed by atoms with Gasteiger partial charge in [0.15, 0.2) is 0 Å². The lowest BCUT2D eigenvalue weighted by Gasteiger charge is -2.05. The average Bonchev–Trinajstić information content (AvgIpc) is 2.50. The second kappa shape index (κ2) is 11.3. The fourth-order valence-corrected chi connectivity index (χ4v) is 2.10. The maximum absolute atomic E-state index is 11.6. The van der Waals surface area contributed by atoms with Crippen molar-refractivity contribution in [2.24, 2.45) is 0 Å². The monoisotopic (exact) mass is 274 g/mol. The van der Waals surface area contributed by atoms with Gasteiger partial charge in [0.25, 0.3) is 0 Å². The summed E-state index contributed by atoms with van der Waals surface area (Å²) in [4.78, 5) is 11.6. The Kier molecular flexibility index (Phi) is 9.29. The first-order chi connectivity index (χ1) is 9.84. The minimum Gasteiger partial charge on any atom is -0.462 e. The van der Waals surface area contributed by atoms with E-state index in [-0.39, 0.29) is 5.97 Å². The molecule has 20 heavy (non-hydrogen) atoms. The van der Waals surface area contributed by atoms with E-state index in [1.165, 1.54) is 32.1 Å². The molecule has 1 aromatic rings. The molecule has 0 spiro atoms. The highest BCUT2D eigenvalue weighted by molar-refractivity contribution is 5.89. The molecule has 0 N–H and O–H groups in total. The second-order valence-electron chi connectivity index (χ2n) is 5.05. The molecule has 0 saturated heterocycles. The van der Waals surface area contributed by atoms with Crippen molar-refractivity contribution in [1.29, 1.82) is 0 Å². The van der Waals surface area contributed by atoms with Gasteiger partial charge < -0.3 is 4.74 Å². The summed E-state index contributed by atoms with van der Waals surface area (Å²) in [5, 5.41) is 0. The number of allylic oxidation sites excluding steroid dienone is 1. The van der Waals surface area contributed by atoms with Crippen molar-refractivity contribution < 1.29 is 9.53 Å². The van der Waals surface area contributed by atoms with Gasteiger partial charge in [-0.2, -0.15) is 0 Å². The van der Waals surface area contributed by atoms with Crippen molar-refractivity contribution in [2.75, 3.05) is 6.61 Å². The standard InChI is InChI=1S/C18H26O2/c1-2-3-4-5-6-7-8-9-13-16-20-18(19)17-14-11-10-12-15-17/h2,10-12,14-15H,1,3-9,13,16H2. The van der Waals surface area contributed by atoms with Crippen LogP contribution in [0.2, 0.25) is 0 Å². The summed E-state index contributed by atoms with van der Waals surface area (Å²) in [7, 11) is 0. The van der Waals surface area contributed by atoms with Crippen LogP contribution >= 0.6 is 0 Å². The number of esters is 1. The van der Waals surface area contributed by atoms with Crippen LogP contribution in [0.5, 0.6) is 0 Å². The molecule has 0 aliphatic carbocycles. The zero-order valence-electron chi connectivity index (χ0n) is 12.4. The fraction of sp³-hybridized carbons (Fsp3) is 0.500. The quantitative estimate of drug-likeness (QED) is 0.317. The third-order valence-corrected chi connectivity index (χ3v) is 3.30. The largest absolute Gasteiger partial charge is 0.462 e. The van der Waals surface area contributed by atoms with Crippen LogP contribution in [0.15, 0.2) is 43.0 Å². The zero-order valence-corrected chi connectivity index (χ0v) is 12.4. The molecule has 0 aliphatic heterocycles. The van der Waals surface area contributed by atoms with Gasteiger partial charge in [0.1, 0.15) is 0 Å². The Hall–Kier alpha value is -1.57. The van der Waals surface area contributed by atoms with E-state index in [1.807, 2.05) is 24.3 Å². The van der Waals surface area contributed by atoms with Crippen molar-refractivity contribution in [1.82, 2.24) is 0 Å². The van der Waals surface area contributed by atoms with Crippen LogP contribution in [-0.2, 0) is 4.74 Å². The summed E-state index contributed by atoms with van der Waals surface area (Å²) in [6.07, 6.45) is 11.6. The molecule has 2 heteroatoms. The smallest absolute Gasteiger partial charge is 0.338 e. The number of hydrogen-bond acceptors (Lipinski definition) is 2. The van der Waals surface area contributed by atoms with E-state index in [2.05, 4.69) is 6.58 Å². The average molecular weight is 274 g/mol. The van der Waals surface area contributed by atoms with Crippen LogP contribution in [0.4, 0.5) is 0 Å². The van der Waals surface area contributed by atoms with Gasteiger partial charge in [-0.25, -0.2) is 4.79 Å². The number of carbonyl (C=O) groups excluding carboxylic acids is 1. The van der Waals surface area contributed by atoms with E-state index < -0.39 is 0 Å². The normalized spacial score (nSPS) is 10.2. The Morgan fingerprint density at radius 1 is 0.950 bits per heavy atom. The van der Waals surface area contributed by atoms with Crippen LogP contribution in [-0.4, -0.2) is 12.6 Å². The minimum atomic E-state index is -0.213. The fourth-order valence-electron chi connectivity index (χ4n) is 2.10. The number of hydrogen-bond donors (Lipinski definition) is 0. The first kappa shape index (κ1) is 16.5. The van der Waals surface area contributed by atoms with E-state index in [0.717, 1.165) is 19.3 Å². The Bertz CT molecular complexity index is 370. The summed E-state index contributed by atoms with van der Waals surface area (Å²) in [5.74, 6) is -0.213. The molecule has 0 radical (unpaired) electrons. The Morgan fingerprint density at radius 2 is 1.55 bits per heavy atom. The molecule has 0 aliphatic rings. The lowest BCUT2D eigenvalue weighted by atomic mass is 10.1. The van der Waals surface area contributed by atoms with Gasteiger partial charge in [0.2, 0.25) is 0 Å². The van der Waals surface area contributed by atoms with E-state index in [9.17, 15) is 4.79 Å². The van der Waals surface area contributed by atoms with E-state index >= 15 is 0 Å². The third kappa shape index (κ3) is 7.78. The highest BCUT2D eigenvalue weighted by atomic mass is 16.5. The maximum atomic E-state index is 11.6. The molecule has 0 bridgehead atoms.